The highest BCUT2D eigenvalue weighted by molar-refractivity contribution is 6.30. The number of halogens is 1. The van der Waals surface area contributed by atoms with Crippen LogP contribution >= 0.6 is 11.6 Å². The van der Waals surface area contributed by atoms with Gasteiger partial charge in [-0.1, -0.05) is 44.4 Å². The Bertz CT molecular complexity index is 336. The Morgan fingerprint density at radius 1 is 1.38 bits per heavy atom. The maximum Gasteiger partial charge on any atom is 0.0408 e. The van der Waals surface area contributed by atoms with E-state index in [-0.39, 0.29) is 6.04 Å². The molecule has 1 nitrogen and oxygen atoms in total. The fraction of sp³-hybridized carbons (Fsp3) is 0.571. The molecule has 0 saturated carbocycles. The molecule has 0 aliphatic heterocycles. The van der Waals surface area contributed by atoms with E-state index in [0.29, 0.717) is 5.92 Å². The van der Waals surface area contributed by atoms with Crippen LogP contribution in [0.5, 0.6) is 0 Å². The Balaban J connectivity index is 2.69. The molecule has 1 aromatic carbocycles. The molecule has 2 N–H and O–H groups in total. The molecule has 1 rings (SSSR count). The summed E-state index contributed by atoms with van der Waals surface area (Å²) in [4.78, 5) is 0. The first-order valence-electron chi connectivity index (χ1n) is 6.06. The number of hydrogen-bond donors (Lipinski definition) is 1. The van der Waals surface area contributed by atoms with Gasteiger partial charge in [0.25, 0.3) is 0 Å². The third kappa shape index (κ3) is 3.80. The fourth-order valence-electron chi connectivity index (χ4n) is 2.23. The minimum absolute atomic E-state index is 0.138. The summed E-state index contributed by atoms with van der Waals surface area (Å²) >= 11 is 5.94. The summed E-state index contributed by atoms with van der Waals surface area (Å²) in [5.74, 6) is 0.690. The van der Waals surface area contributed by atoms with Gasteiger partial charge in [-0.2, -0.15) is 0 Å². The van der Waals surface area contributed by atoms with Crippen LogP contribution in [0.1, 0.15) is 50.3 Å². The zero-order valence-corrected chi connectivity index (χ0v) is 11.2. The van der Waals surface area contributed by atoms with E-state index in [9.17, 15) is 0 Å². The first kappa shape index (κ1) is 13.5. The predicted octanol–water partition coefficient (Wildman–Crippen LogP) is 4.47. The highest BCUT2D eigenvalue weighted by atomic mass is 35.5. The Morgan fingerprint density at radius 2 is 2.06 bits per heavy atom. The molecular formula is C14H22ClN. The van der Waals surface area contributed by atoms with E-state index in [2.05, 4.69) is 26.8 Å². The second kappa shape index (κ2) is 6.27. The van der Waals surface area contributed by atoms with Crippen molar-refractivity contribution in [2.45, 2.75) is 46.1 Å². The second-order valence-corrected chi connectivity index (χ2v) is 5.17. The minimum atomic E-state index is 0.138. The summed E-state index contributed by atoms with van der Waals surface area (Å²) in [7, 11) is 0. The SMILES string of the molecule is CCCC(C)CC(N)c1ccc(Cl)cc1C. The van der Waals surface area contributed by atoms with Gasteiger partial charge in [0.2, 0.25) is 0 Å². The summed E-state index contributed by atoms with van der Waals surface area (Å²) in [6.07, 6.45) is 3.53. The Morgan fingerprint density at radius 3 is 2.62 bits per heavy atom. The van der Waals surface area contributed by atoms with Gasteiger partial charge in [0.1, 0.15) is 0 Å². The van der Waals surface area contributed by atoms with E-state index in [4.69, 9.17) is 17.3 Å². The standard InChI is InChI=1S/C14H22ClN/c1-4-5-10(2)8-14(16)13-7-6-12(15)9-11(13)3/h6-7,9-10,14H,4-5,8,16H2,1-3H3. The average Bonchev–Trinajstić information content (AvgIpc) is 2.17. The molecule has 2 heteroatoms. The van der Waals surface area contributed by atoms with Gasteiger partial charge in [0, 0.05) is 11.1 Å². The molecule has 2 unspecified atom stereocenters. The van der Waals surface area contributed by atoms with Gasteiger partial charge in [0.15, 0.2) is 0 Å². The first-order chi connectivity index (χ1) is 7.54. The number of benzene rings is 1. The molecule has 16 heavy (non-hydrogen) atoms. The van der Waals surface area contributed by atoms with Gasteiger partial charge < -0.3 is 5.73 Å². The van der Waals surface area contributed by atoms with Crippen molar-refractivity contribution in [2.24, 2.45) is 11.7 Å². The quantitative estimate of drug-likeness (QED) is 0.806. The fourth-order valence-corrected chi connectivity index (χ4v) is 2.45. The highest BCUT2D eigenvalue weighted by Gasteiger charge is 2.12. The molecule has 0 fully saturated rings. The molecule has 0 saturated heterocycles. The molecule has 0 bridgehead atoms. The van der Waals surface area contributed by atoms with Crippen molar-refractivity contribution in [1.82, 2.24) is 0 Å². The average molecular weight is 240 g/mol. The largest absolute Gasteiger partial charge is 0.324 e. The zero-order chi connectivity index (χ0) is 12.1. The molecule has 1 aromatic rings. The second-order valence-electron chi connectivity index (χ2n) is 4.74. The van der Waals surface area contributed by atoms with Crippen LogP contribution in [0.25, 0.3) is 0 Å². The van der Waals surface area contributed by atoms with Crippen molar-refractivity contribution in [3.8, 4) is 0 Å². The van der Waals surface area contributed by atoms with E-state index in [1.807, 2.05) is 12.1 Å². The summed E-state index contributed by atoms with van der Waals surface area (Å²) < 4.78 is 0. The van der Waals surface area contributed by atoms with Gasteiger partial charge in [-0.15, -0.1) is 0 Å². The maximum absolute atomic E-state index is 6.23. The monoisotopic (exact) mass is 239 g/mol. The summed E-state index contributed by atoms with van der Waals surface area (Å²) in [5.41, 5.74) is 8.66. The van der Waals surface area contributed by atoms with Crippen LogP contribution in [0.3, 0.4) is 0 Å². The molecule has 2 atom stereocenters. The van der Waals surface area contributed by atoms with Gasteiger partial charge in [-0.05, 0) is 42.5 Å². The number of aryl methyl sites for hydroxylation is 1. The van der Waals surface area contributed by atoms with Gasteiger partial charge in [-0.25, -0.2) is 0 Å². The number of hydrogen-bond acceptors (Lipinski definition) is 1. The van der Waals surface area contributed by atoms with Crippen LogP contribution in [0.4, 0.5) is 0 Å². The van der Waals surface area contributed by atoms with Crippen LogP contribution in [0.15, 0.2) is 18.2 Å². The molecule has 0 aliphatic carbocycles. The normalized spacial score (nSPS) is 14.8. The highest BCUT2D eigenvalue weighted by Crippen LogP contribution is 2.25. The van der Waals surface area contributed by atoms with Crippen molar-refractivity contribution < 1.29 is 0 Å². The Labute approximate surface area is 104 Å². The maximum atomic E-state index is 6.23. The summed E-state index contributed by atoms with van der Waals surface area (Å²) in [6, 6.07) is 6.11. The van der Waals surface area contributed by atoms with E-state index in [0.717, 1.165) is 11.4 Å². The molecule has 0 aliphatic rings. The van der Waals surface area contributed by atoms with E-state index < -0.39 is 0 Å². The lowest BCUT2D eigenvalue weighted by Crippen LogP contribution is -2.15. The smallest absolute Gasteiger partial charge is 0.0408 e. The summed E-state index contributed by atoms with van der Waals surface area (Å²) in [6.45, 7) is 6.57. The van der Waals surface area contributed by atoms with Crippen LogP contribution < -0.4 is 5.73 Å². The first-order valence-corrected chi connectivity index (χ1v) is 6.44. The molecule has 0 heterocycles. The van der Waals surface area contributed by atoms with E-state index in [1.165, 1.54) is 24.0 Å². The van der Waals surface area contributed by atoms with Crippen molar-refractivity contribution in [2.75, 3.05) is 0 Å². The van der Waals surface area contributed by atoms with Crippen LogP contribution in [-0.4, -0.2) is 0 Å². The van der Waals surface area contributed by atoms with Gasteiger partial charge in [-0.3, -0.25) is 0 Å². The molecule has 0 spiro atoms. The molecule has 90 valence electrons. The summed E-state index contributed by atoms with van der Waals surface area (Å²) in [5, 5.41) is 0.787. The zero-order valence-electron chi connectivity index (χ0n) is 10.5. The minimum Gasteiger partial charge on any atom is -0.324 e. The number of rotatable bonds is 5. The van der Waals surface area contributed by atoms with Gasteiger partial charge in [0.05, 0.1) is 0 Å². The van der Waals surface area contributed by atoms with Crippen molar-refractivity contribution >= 4 is 11.6 Å². The van der Waals surface area contributed by atoms with E-state index in [1.54, 1.807) is 0 Å². The third-order valence-corrected chi connectivity index (χ3v) is 3.30. The Hall–Kier alpha value is -0.530. The number of nitrogens with two attached hydrogens (primary N) is 1. The molecule has 0 amide bonds. The van der Waals surface area contributed by atoms with Crippen molar-refractivity contribution in [3.05, 3.63) is 34.3 Å². The predicted molar refractivity (Wildman–Crippen MR) is 71.8 cm³/mol. The van der Waals surface area contributed by atoms with Crippen LogP contribution in [0, 0.1) is 12.8 Å². The lowest BCUT2D eigenvalue weighted by molar-refractivity contribution is 0.439. The van der Waals surface area contributed by atoms with Crippen molar-refractivity contribution in [3.63, 3.8) is 0 Å². The topological polar surface area (TPSA) is 26.0 Å². The van der Waals surface area contributed by atoms with Crippen molar-refractivity contribution in [1.29, 1.82) is 0 Å². The van der Waals surface area contributed by atoms with Gasteiger partial charge >= 0.3 is 0 Å². The lowest BCUT2D eigenvalue weighted by Gasteiger charge is -2.19. The molecular weight excluding hydrogens is 218 g/mol. The van der Waals surface area contributed by atoms with Crippen LogP contribution in [-0.2, 0) is 0 Å². The molecule has 0 aromatic heterocycles. The molecule has 0 radical (unpaired) electrons. The van der Waals surface area contributed by atoms with Crippen LogP contribution in [0.2, 0.25) is 5.02 Å². The van der Waals surface area contributed by atoms with E-state index >= 15 is 0 Å². The third-order valence-electron chi connectivity index (χ3n) is 3.07. The Kier molecular flexibility index (Phi) is 5.30. The lowest BCUT2D eigenvalue weighted by atomic mass is 9.91.